The van der Waals surface area contributed by atoms with Crippen LogP contribution < -0.4 is 15.4 Å². The van der Waals surface area contributed by atoms with Crippen LogP contribution in [0.25, 0.3) is 0 Å². The fraction of sp³-hybridized carbons (Fsp3) is 0.375. The van der Waals surface area contributed by atoms with Crippen LogP contribution in [0.2, 0.25) is 0 Å². The Morgan fingerprint density at radius 3 is 3.12 bits per heavy atom. The largest absolute Gasteiger partial charge is 0.489 e. The van der Waals surface area contributed by atoms with Crippen molar-refractivity contribution < 1.29 is 18.7 Å². The Balaban J connectivity index is 1.78. The molecule has 24 heavy (non-hydrogen) atoms. The molecule has 2 aromatic rings. The molecule has 3 N–H and O–H groups in total. The van der Waals surface area contributed by atoms with Gasteiger partial charge in [0, 0.05) is 43.9 Å². The first-order valence-electron chi connectivity index (χ1n) is 7.68. The average molecular weight is 334 g/mol. The molecule has 0 unspecified atom stereocenters. The highest BCUT2D eigenvalue weighted by atomic mass is 19.1. The van der Waals surface area contributed by atoms with Gasteiger partial charge in [0.15, 0.2) is 5.69 Å². The van der Waals surface area contributed by atoms with Gasteiger partial charge in [-0.1, -0.05) is 0 Å². The third kappa shape index (κ3) is 3.55. The van der Waals surface area contributed by atoms with Crippen molar-refractivity contribution in [2.45, 2.75) is 13.0 Å². The molecule has 1 aliphatic heterocycles. The number of nitrogens with one attached hydrogen (secondary N) is 3. The molecule has 0 saturated carbocycles. The number of methoxy groups -OCH3 is 1. The number of fused-ring (bicyclic) bond motifs is 1. The number of halogens is 1. The summed E-state index contributed by atoms with van der Waals surface area (Å²) in [5.74, 6) is -0.488. The standard InChI is InChI=1S/C16H19FN4O3/c1-23-6-7-24-14-3-2-10(17)8-13(14)19-16(22)15-11-9-18-5-4-12(11)20-21-15/h2-3,8,18H,4-7,9H2,1H3,(H,19,22)(H,20,21). The van der Waals surface area contributed by atoms with Crippen molar-refractivity contribution >= 4 is 11.6 Å². The maximum Gasteiger partial charge on any atom is 0.276 e. The second-order valence-corrected chi connectivity index (χ2v) is 5.39. The Hall–Kier alpha value is -2.45. The molecule has 0 fully saturated rings. The molecule has 1 aromatic heterocycles. The maximum absolute atomic E-state index is 13.5. The molecule has 1 aromatic carbocycles. The van der Waals surface area contributed by atoms with Crippen molar-refractivity contribution in [2.24, 2.45) is 0 Å². The number of aromatic nitrogens is 2. The highest BCUT2D eigenvalue weighted by Gasteiger charge is 2.22. The maximum atomic E-state index is 13.5. The molecule has 8 heteroatoms. The van der Waals surface area contributed by atoms with Crippen LogP contribution in [-0.2, 0) is 17.7 Å². The minimum Gasteiger partial charge on any atom is -0.489 e. The Morgan fingerprint density at radius 2 is 2.29 bits per heavy atom. The lowest BCUT2D eigenvalue weighted by Gasteiger charge is -2.14. The molecular formula is C16H19FN4O3. The van der Waals surface area contributed by atoms with E-state index >= 15 is 0 Å². The van der Waals surface area contributed by atoms with E-state index in [1.54, 1.807) is 7.11 Å². The van der Waals surface area contributed by atoms with Gasteiger partial charge in [0.1, 0.15) is 18.2 Å². The van der Waals surface area contributed by atoms with Crippen LogP contribution in [0.1, 0.15) is 21.7 Å². The molecule has 0 saturated heterocycles. The minimum absolute atomic E-state index is 0.261. The molecule has 1 amide bonds. The van der Waals surface area contributed by atoms with E-state index in [1.165, 1.54) is 18.2 Å². The third-order valence-corrected chi connectivity index (χ3v) is 3.76. The summed E-state index contributed by atoms with van der Waals surface area (Å²) in [5.41, 5.74) is 2.37. The Kier molecular flexibility index (Phi) is 5.07. The van der Waals surface area contributed by atoms with Gasteiger partial charge in [-0.2, -0.15) is 5.10 Å². The Labute approximate surface area is 138 Å². The van der Waals surface area contributed by atoms with Crippen molar-refractivity contribution in [1.29, 1.82) is 0 Å². The molecule has 0 atom stereocenters. The van der Waals surface area contributed by atoms with Crippen LogP contribution in [0, 0.1) is 5.82 Å². The Morgan fingerprint density at radius 1 is 1.42 bits per heavy atom. The second kappa shape index (κ2) is 7.41. The Bertz CT molecular complexity index is 732. The van der Waals surface area contributed by atoms with Gasteiger partial charge >= 0.3 is 0 Å². The van der Waals surface area contributed by atoms with E-state index in [1.807, 2.05) is 0 Å². The van der Waals surface area contributed by atoms with Gasteiger partial charge in [-0.3, -0.25) is 9.89 Å². The number of H-pyrrole nitrogens is 1. The van der Waals surface area contributed by atoms with Gasteiger partial charge in [0.25, 0.3) is 5.91 Å². The first kappa shape index (κ1) is 16.4. The minimum atomic E-state index is -0.463. The molecule has 7 nitrogen and oxygen atoms in total. The first-order valence-corrected chi connectivity index (χ1v) is 7.68. The molecule has 0 spiro atoms. The lowest BCUT2D eigenvalue weighted by Crippen LogP contribution is -2.25. The molecule has 0 radical (unpaired) electrons. The SMILES string of the molecule is COCCOc1ccc(F)cc1NC(=O)c1n[nH]c2c1CNCC2. The van der Waals surface area contributed by atoms with Gasteiger partial charge < -0.3 is 20.1 Å². The fourth-order valence-corrected chi connectivity index (χ4v) is 2.56. The van der Waals surface area contributed by atoms with Crippen LogP contribution in [-0.4, -0.2) is 43.0 Å². The quantitative estimate of drug-likeness (QED) is 0.696. The van der Waals surface area contributed by atoms with Crippen LogP contribution in [0.3, 0.4) is 0 Å². The van der Waals surface area contributed by atoms with Gasteiger partial charge in [0.2, 0.25) is 0 Å². The van der Waals surface area contributed by atoms with Gasteiger partial charge in [-0.25, -0.2) is 4.39 Å². The predicted molar refractivity (Wildman–Crippen MR) is 85.7 cm³/mol. The monoisotopic (exact) mass is 334 g/mol. The van der Waals surface area contributed by atoms with Crippen molar-refractivity contribution in [3.05, 3.63) is 41.0 Å². The van der Waals surface area contributed by atoms with E-state index in [2.05, 4.69) is 20.8 Å². The summed E-state index contributed by atoms with van der Waals surface area (Å²) in [4.78, 5) is 12.5. The molecule has 1 aliphatic rings. The molecule has 0 aliphatic carbocycles. The number of ether oxygens (including phenoxy) is 2. The molecule has 2 heterocycles. The van der Waals surface area contributed by atoms with Crippen LogP contribution in [0.4, 0.5) is 10.1 Å². The zero-order valence-corrected chi connectivity index (χ0v) is 13.3. The van der Waals surface area contributed by atoms with Crippen LogP contribution in [0.5, 0.6) is 5.75 Å². The number of aromatic amines is 1. The normalized spacial score (nSPS) is 13.4. The van der Waals surface area contributed by atoms with Crippen molar-refractivity contribution in [3.63, 3.8) is 0 Å². The number of hydrogen-bond donors (Lipinski definition) is 3. The summed E-state index contributed by atoms with van der Waals surface area (Å²) in [7, 11) is 1.56. The number of benzene rings is 1. The number of carbonyl (C=O) groups excluding carboxylic acids is 1. The van der Waals surface area contributed by atoms with E-state index < -0.39 is 11.7 Å². The van der Waals surface area contributed by atoms with E-state index in [4.69, 9.17) is 9.47 Å². The smallest absolute Gasteiger partial charge is 0.276 e. The van der Waals surface area contributed by atoms with Crippen molar-refractivity contribution in [1.82, 2.24) is 15.5 Å². The number of hydrogen-bond acceptors (Lipinski definition) is 5. The topological polar surface area (TPSA) is 88.3 Å². The predicted octanol–water partition coefficient (Wildman–Crippen LogP) is 1.47. The molecule has 0 bridgehead atoms. The lowest BCUT2D eigenvalue weighted by molar-refractivity contribution is 0.102. The van der Waals surface area contributed by atoms with E-state index in [-0.39, 0.29) is 5.69 Å². The summed E-state index contributed by atoms with van der Waals surface area (Å²) in [5, 5.41) is 12.9. The average Bonchev–Trinajstić information content (AvgIpc) is 3.01. The van der Waals surface area contributed by atoms with Crippen LogP contribution >= 0.6 is 0 Å². The van der Waals surface area contributed by atoms with E-state index in [0.717, 1.165) is 24.2 Å². The summed E-state index contributed by atoms with van der Waals surface area (Å²) < 4.78 is 24.0. The highest BCUT2D eigenvalue weighted by molar-refractivity contribution is 6.04. The third-order valence-electron chi connectivity index (χ3n) is 3.76. The first-order chi connectivity index (χ1) is 11.7. The van der Waals surface area contributed by atoms with Gasteiger partial charge in [-0.05, 0) is 12.1 Å². The number of rotatable bonds is 6. The summed E-state index contributed by atoms with van der Waals surface area (Å²) >= 11 is 0. The zero-order chi connectivity index (χ0) is 16.9. The fourth-order valence-electron chi connectivity index (χ4n) is 2.56. The molecular weight excluding hydrogens is 315 g/mol. The zero-order valence-electron chi connectivity index (χ0n) is 13.3. The lowest BCUT2D eigenvalue weighted by atomic mass is 10.1. The van der Waals surface area contributed by atoms with Crippen LogP contribution in [0.15, 0.2) is 18.2 Å². The molecule has 3 rings (SSSR count). The molecule has 128 valence electrons. The van der Waals surface area contributed by atoms with Gasteiger partial charge in [-0.15, -0.1) is 0 Å². The number of carbonyl (C=O) groups is 1. The summed E-state index contributed by atoms with van der Waals surface area (Å²) in [6.45, 7) is 2.11. The van der Waals surface area contributed by atoms with E-state index in [0.29, 0.717) is 31.2 Å². The summed E-state index contributed by atoms with van der Waals surface area (Å²) in [6.07, 6.45) is 0.793. The number of anilines is 1. The highest BCUT2D eigenvalue weighted by Crippen LogP contribution is 2.26. The number of nitrogens with zero attached hydrogens (tertiary/aromatic N) is 1. The van der Waals surface area contributed by atoms with Gasteiger partial charge in [0.05, 0.1) is 12.3 Å². The number of amides is 1. The van der Waals surface area contributed by atoms with Crippen molar-refractivity contribution in [3.8, 4) is 5.75 Å². The van der Waals surface area contributed by atoms with E-state index in [9.17, 15) is 9.18 Å². The summed E-state index contributed by atoms with van der Waals surface area (Å²) in [6, 6.07) is 3.97. The van der Waals surface area contributed by atoms with Crippen molar-refractivity contribution in [2.75, 3.05) is 32.2 Å². The second-order valence-electron chi connectivity index (χ2n) is 5.39.